The van der Waals surface area contributed by atoms with E-state index in [-0.39, 0.29) is 6.03 Å². The predicted octanol–water partition coefficient (Wildman–Crippen LogP) is 3.97. The first kappa shape index (κ1) is 22.4. The van der Waals surface area contributed by atoms with Gasteiger partial charge in [-0.15, -0.1) is 0 Å². The summed E-state index contributed by atoms with van der Waals surface area (Å²) in [5.74, 6) is 2.41. The number of nitrogens with zero attached hydrogens (tertiary/aromatic N) is 3. The maximum atomic E-state index is 12.4. The number of hydrogen-bond donors (Lipinski definition) is 2. The first-order valence-corrected chi connectivity index (χ1v) is 10.7. The highest BCUT2D eigenvalue weighted by atomic mass is 16.5. The molecule has 33 heavy (non-hydrogen) atoms. The van der Waals surface area contributed by atoms with Gasteiger partial charge in [0.15, 0.2) is 11.5 Å². The third-order valence-electron chi connectivity index (χ3n) is 5.36. The molecule has 0 radical (unpaired) electrons. The number of hydrogen-bond acceptors (Lipinski definition) is 8. The predicted molar refractivity (Wildman–Crippen MR) is 123 cm³/mol. The fraction of sp³-hybridized carbons (Fsp3) is 0.348. The fourth-order valence-corrected chi connectivity index (χ4v) is 3.69. The molecule has 174 valence electrons. The summed E-state index contributed by atoms with van der Waals surface area (Å²) in [4.78, 5) is 20.9. The third-order valence-corrected chi connectivity index (χ3v) is 5.36. The van der Waals surface area contributed by atoms with Gasteiger partial charge in [-0.3, -0.25) is 5.43 Å². The van der Waals surface area contributed by atoms with Crippen LogP contribution in [0, 0.1) is 0 Å². The van der Waals surface area contributed by atoms with Crippen LogP contribution >= 0.6 is 0 Å². The Bertz CT molecular complexity index is 1130. The Hall–Kier alpha value is -3.79. The highest BCUT2D eigenvalue weighted by Gasteiger charge is 2.16. The number of nitrogens with one attached hydrogen (secondary N) is 2. The quantitative estimate of drug-likeness (QED) is 0.553. The Labute approximate surface area is 191 Å². The second-order valence-corrected chi connectivity index (χ2v) is 7.48. The van der Waals surface area contributed by atoms with Crippen LogP contribution in [0.4, 0.5) is 10.5 Å². The summed E-state index contributed by atoms with van der Waals surface area (Å²) in [6.45, 7) is 1.70. The minimum absolute atomic E-state index is 0.313. The molecule has 0 saturated carbocycles. The van der Waals surface area contributed by atoms with E-state index in [2.05, 4.69) is 20.7 Å². The zero-order chi connectivity index (χ0) is 23.2. The molecule has 1 aliphatic heterocycles. The normalized spacial score (nSPS) is 13.9. The van der Waals surface area contributed by atoms with E-state index in [0.717, 1.165) is 25.9 Å². The molecule has 10 heteroatoms. The average molecular weight is 453 g/mol. The summed E-state index contributed by atoms with van der Waals surface area (Å²) in [7, 11) is 4.66. The summed E-state index contributed by atoms with van der Waals surface area (Å²) in [5, 5.41) is 5.42. The number of amides is 2. The van der Waals surface area contributed by atoms with E-state index in [1.807, 2.05) is 5.01 Å². The van der Waals surface area contributed by atoms with Crippen molar-refractivity contribution in [2.75, 3.05) is 39.7 Å². The number of aromatic nitrogens is 2. The molecule has 0 aliphatic carbocycles. The molecule has 3 aromatic rings. The highest BCUT2D eigenvalue weighted by Crippen LogP contribution is 2.37. The molecule has 0 spiro atoms. The van der Waals surface area contributed by atoms with E-state index in [1.54, 1.807) is 44.6 Å². The Kier molecular flexibility index (Phi) is 6.94. The minimum Gasteiger partial charge on any atom is -0.494 e. The van der Waals surface area contributed by atoms with Crippen molar-refractivity contribution in [2.24, 2.45) is 0 Å². The molecule has 0 unspecified atom stereocenters. The number of ether oxygens (including phenoxy) is 4. The number of carbonyl (C=O) groups excluding carboxylic acids is 1. The van der Waals surface area contributed by atoms with Crippen LogP contribution in [-0.2, 0) is 0 Å². The lowest BCUT2D eigenvalue weighted by molar-refractivity contribution is 0.162. The van der Waals surface area contributed by atoms with Crippen molar-refractivity contribution in [3.63, 3.8) is 0 Å². The van der Waals surface area contributed by atoms with Gasteiger partial charge in [0.2, 0.25) is 5.88 Å². The Morgan fingerprint density at radius 2 is 1.64 bits per heavy atom. The summed E-state index contributed by atoms with van der Waals surface area (Å²) in [6, 6.07) is 8.35. The summed E-state index contributed by atoms with van der Waals surface area (Å²) >= 11 is 0. The summed E-state index contributed by atoms with van der Waals surface area (Å²) < 4.78 is 22.2. The molecule has 1 aromatic heterocycles. The van der Waals surface area contributed by atoms with Crippen molar-refractivity contribution in [2.45, 2.75) is 19.3 Å². The molecular formula is C23H27N5O5. The Morgan fingerprint density at radius 1 is 0.909 bits per heavy atom. The minimum atomic E-state index is -0.313. The number of hydrazine groups is 1. The van der Waals surface area contributed by atoms with Gasteiger partial charge in [0, 0.05) is 25.2 Å². The van der Waals surface area contributed by atoms with E-state index in [9.17, 15) is 4.79 Å². The lowest BCUT2D eigenvalue weighted by atomic mass is 10.2. The molecule has 2 heterocycles. The van der Waals surface area contributed by atoms with Gasteiger partial charge in [0.05, 0.1) is 37.9 Å². The van der Waals surface area contributed by atoms with Crippen LogP contribution in [0.5, 0.6) is 28.9 Å². The van der Waals surface area contributed by atoms with Crippen molar-refractivity contribution in [3.05, 3.63) is 36.7 Å². The van der Waals surface area contributed by atoms with E-state index in [1.165, 1.54) is 19.9 Å². The van der Waals surface area contributed by atoms with Gasteiger partial charge < -0.3 is 24.3 Å². The monoisotopic (exact) mass is 453 g/mol. The van der Waals surface area contributed by atoms with Crippen LogP contribution < -0.4 is 29.7 Å². The Balaban J connectivity index is 1.53. The van der Waals surface area contributed by atoms with Gasteiger partial charge in [0.25, 0.3) is 0 Å². The number of piperidine rings is 1. The van der Waals surface area contributed by atoms with E-state index >= 15 is 0 Å². The maximum absolute atomic E-state index is 12.4. The van der Waals surface area contributed by atoms with Gasteiger partial charge in [-0.05, 0) is 31.0 Å². The summed E-state index contributed by atoms with van der Waals surface area (Å²) in [5.41, 5.74) is 4.05. The number of anilines is 1. The van der Waals surface area contributed by atoms with E-state index < -0.39 is 0 Å². The molecule has 2 aromatic carbocycles. The second-order valence-electron chi connectivity index (χ2n) is 7.48. The first-order valence-electron chi connectivity index (χ1n) is 10.7. The van der Waals surface area contributed by atoms with Gasteiger partial charge in [-0.1, -0.05) is 6.42 Å². The highest BCUT2D eigenvalue weighted by molar-refractivity contribution is 5.91. The van der Waals surface area contributed by atoms with Crippen LogP contribution in [-0.4, -0.2) is 55.4 Å². The first-order chi connectivity index (χ1) is 16.1. The molecule has 4 rings (SSSR count). The smallest absolute Gasteiger partial charge is 0.333 e. The molecule has 1 fully saturated rings. The molecule has 1 aliphatic rings. The number of rotatable bonds is 7. The molecule has 2 amide bonds. The zero-order valence-corrected chi connectivity index (χ0v) is 18.9. The maximum Gasteiger partial charge on any atom is 0.333 e. The topological polar surface area (TPSA) is 107 Å². The van der Waals surface area contributed by atoms with Gasteiger partial charge in [0.1, 0.15) is 17.8 Å². The van der Waals surface area contributed by atoms with Crippen LogP contribution in [0.1, 0.15) is 19.3 Å². The third kappa shape index (κ3) is 5.17. The Morgan fingerprint density at radius 3 is 2.36 bits per heavy atom. The number of carbonyl (C=O) groups is 1. The molecular weight excluding hydrogens is 426 g/mol. The van der Waals surface area contributed by atoms with E-state index in [0.29, 0.717) is 45.5 Å². The fourth-order valence-electron chi connectivity index (χ4n) is 3.69. The number of fused-ring (bicyclic) bond motifs is 1. The van der Waals surface area contributed by atoms with Crippen molar-refractivity contribution < 1.29 is 23.7 Å². The van der Waals surface area contributed by atoms with Crippen molar-refractivity contribution in [1.82, 2.24) is 20.4 Å². The van der Waals surface area contributed by atoms with Crippen LogP contribution in [0.25, 0.3) is 10.9 Å². The van der Waals surface area contributed by atoms with Crippen LogP contribution in [0.2, 0.25) is 0 Å². The molecule has 2 N–H and O–H groups in total. The van der Waals surface area contributed by atoms with Crippen molar-refractivity contribution in [1.29, 1.82) is 0 Å². The molecule has 1 saturated heterocycles. The lowest BCUT2D eigenvalue weighted by Gasteiger charge is -2.26. The molecule has 0 atom stereocenters. The zero-order valence-electron chi connectivity index (χ0n) is 18.9. The van der Waals surface area contributed by atoms with Crippen LogP contribution in [0.3, 0.4) is 0 Å². The van der Waals surface area contributed by atoms with Crippen molar-refractivity contribution >= 4 is 22.6 Å². The van der Waals surface area contributed by atoms with Crippen LogP contribution in [0.15, 0.2) is 36.7 Å². The van der Waals surface area contributed by atoms with Gasteiger partial charge in [-0.25, -0.2) is 19.8 Å². The SMILES string of the molecule is COc1cc(Oc2ncnc3cc(OC)c(OC)cc23)ccc1NC(=O)NN1CCCCC1. The average Bonchev–Trinajstić information content (AvgIpc) is 2.84. The standard InChI is InChI=1S/C23H27N5O5/c1-30-19-11-15(7-8-17(19)26-23(29)27-28-9-5-4-6-10-28)33-22-16-12-20(31-2)21(32-3)13-18(16)24-14-25-22/h7-8,11-14H,4-6,9-10H2,1-3H3,(H2,26,27,29). The number of benzene rings is 2. The summed E-state index contributed by atoms with van der Waals surface area (Å²) in [6.07, 6.45) is 4.76. The second kappa shape index (κ2) is 10.2. The van der Waals surface area contributed by atoms with E-state index in [4.69, 9.17) is 18.9 Å². The largest absolute Gasteiger partial charge is 0.494 e. The number of methoxy groups -OCH3 is 3. The molecule has 0 bridgehead atoms. The van der Waals surface area contributed by atoms with Gasteiger partial charge >= 0.3 is 6.03 Å². The number of urea groups is 1. The lowest BCUT2D eigenvalue weighted by Crippen LogP contribution is -2.46. The molecule has 10 nitrogen and oxygen atoms in total. The van der Waals surface area contributed by atoms with Crippen molar-refractivity contribution in [3.8, 4) is 28.9 Å². The van der Waals surface area contributed by atoms with Gasteiger partial charge in [-0.2, -0.15) is 0 Å².